The minimum Gasteiger partial charge on any atom is -0.484 e. The average molecular weight is 450 g/mol. The van der Waals surface area contributed by atoms with E-state index >= 15 is 0 Å². The summed E-state index contributed by atoms with van der Waals surface area (Å²) < 4.78 is 7.70. The number of carbonyl (C=O) groups excluding carboxylic acids is 1. The van der Waals surface area contributed by atoms with Gasteiger partial charge in [-0.25, -0.2) is 4.98 Å². The minimum absolute atomic E-state index is 0.0693. The molecule has 0 aliphatic heterocycles. The van der Waals surface area contributed by atoms with Gasteiger partial charge in [-0.05, 0) is 61.4 Å². The van der Waals surface area contributed by atoms with Gasteiger partial charge >= 0.3 is 0 Å². The Labute approximate surface area is 200 Å². The molecule has 170 valence electrons. The molecule has 0 aliphatic carbocycles. The van der Waals surface area contributed by atoms with Crippen LogP contribution in [-0.2, 0) is 4.79 Å². The molecule has 0 aliphatic rings. The molecule has 0 bridgehead atoms. The minimum atomic E-state index is -0.211. The summed E-state index contributed by atoms with van der Waals surface area (Å²) in [5.41, 5.74) is 4.98. The maximum absolute atomic E-state index is 12.3. The maximum atomic E-state index is 12.3. The van der Waals surface area contributed by atoms with Crippen molar-refractivity contribution in [3.8, 4) is 22.8 Å². The number of hydrogen-bond acceptors (Lipinski definition) is 3. The van der Waals surface area contributed by atoms with E-state index in [0.717, 1.165) is 33.9 Å². The molecule has 1 N–H and O–H groups in total. The third kappa shape index (κ3) is 5.51. The Bertz CT molecular complexity index is 1290. The molecule has 1 aromatic heterocycles. The van der Waals surface area contributed by atoms with Gasteiger partial charge in [-0.2, -0.15) is 0 Å². The van der Waals surface area contributed by atoms with Crippen molar-refractivity contribution in [1.29, 1.82) is 0 Å². The van der Waals surface area contributed by atoms with Crippen molar-refractivity contribution in [3.63, 3.8) is 0 Å². The zero-order chi connectivity index (χ0) is 23.8. The first kappa shape index (κ1) is 22.8. The highest BCUT2D eigenvalue weighted by atomic mass is 16.5. The first-order chi connectivity index (χ1) is 16.7. The van der Waals surface area contributed by atoms with Crippen LogP contribution < -0.4 is 10.1 Å². The molecule has 0 atom stereocenters. The SMILES string of the molecule is CC=CC(=CC)c1ccc(NC(=O)COc2ccc(-n3ccnc3-c3ccccc3)cc2)cc1. The highest BCUT2D eigenvalue weighted by molar-refractivity contribution is 5.92. The summed E-state index contributed by atoms with van der Waals surface area (Å²) in [6, 6.07) is 25.4. The van der Waals surface area contributed by atoms with Crippen molar-refractivity contribution in [2.75, 3.05) is 11.9 Å². The van der Waals surface area contributed by atoms with E-state index in [-0.39, 0.29) is 12.5 Å². The number of imidazole rings is 1. The lowest BCUT2D eigenvalue weighted by molar-refractivity contribution is -0.118. The lowest BCUT2D eigenvalue weighted by atomic mass is 10.0. The molecule has 4 rings (SSSR count). The Morgan fingerprint density at radius 1 is 0.971 bits per heavy atom. The molecule has 0 spiro atoms. The number of aromatic nitrogens is 2. The molecule has 3 aromatic carbocycles. The molecule has 0 fully saturated rings. The van der Waals surface area contributed by atoms with Crippen molar-refractivity contribution < 1.29 is 9.53 Å². The van der Waals surface area contributed by atoms with Crippen LogP contribution >= 0.6 is 0 Å². The van der Waals surface area contributed by atoms with Gasteiger partial charge in [-0.3, -0.25) is 9.36 Å². The number of nitrogens with one attached hydrogen (secondary N) is 1. The van der Waals surface area contributed by atoms with Crippen LogP contribution in [-0.4, -0.2) is 22.1 Å². The Balaban J connectivity index is 1.34. The van der Waals surface area contributed by atoms with Gasteiger partial charge in [0, 0.05) is 29.3 Å². The fourth-order valence-corrected chi connectivity index (χ4v) is 3.65. The average Bonchev–Trinajstić information content (AvgIpc) is 3.37. The molecule has 0 saturated carbocycles. The first-order valence-electron chi connectivity index (χ1n) is 11.2. The van der Waals surface area contributed by atoms with E-state index in [2.05, 4.69) is 22.5 Å². The summed E-state index contributed by atoms with van der Waals surface area (Å²) in [6.45, 7) is 3.93. The molecule has 5 heteroatoms. The molecule has 1 heterocycles. The predicted octanol–water partition coefficient (Wildman–Crippen LogP) is 6.54. The Hall–Kier alpha value is -4.38. The number of anilines is 1. The van der Waals surface area contributed by atoms with Crippen molar-refractivity contribution in [2.45, 2.75) is 13.8 Å². The number of ether oxygens (including phenoxy) is 1. The normalized spacial score (nSPS) is 11.5. The zero-order valence-corrected chi connectivity index (χ0v) is 19.3. The third-order valence-electron chi connectivity index (χ3n) is 5.32. The topological polar surface area (TPSA) is 56.1 Å². The lowest BCUT2D eigenvalue weighted by Crippen LogP contribution is -2.20. The van der Waals surface area contributed by atoms with Gasteiger partial charge in [-0.1, -0.05) is 60.7 Å². The monoisotopic (exact) mass is 449 g/mol. The van der Waals surface area contributed by atoms with Gasteiger partial charge in [0.05, 0.1) is 0 Å². The van der Waals surface area contributed by atoms with Gasteiger partial charge in [0.1, 0.15) is 11.6 Å². The number of benzene rings is 3. The lowest BCUT2D eigenvalue weighted by Gasteiger charge is -2.11. The molecule has 0 saturated heterocycles. The van der Waals surface area contributed by atoms with Crippen molar-refractivity contribution >= 4 is 17.2 Å². The summed E-state index contributed by atoms with van der Waals surface area (Å²) >= 11 is 0. The second-order valence-electron chi connectivity index (χ2n) is 7.64. The standard InChI is InChI=1S/C29H27N3O2/c1-3-8-22(4-2)23-11-13-25(14-12-23)31-28(33)21-34-27-17-15-26(16-18-27)32-20-19-30-29(32)24-9-6-5-7-10-24/h3-20H,21H2,1-2H3,(H,31,33). The van der Waals surface area contributed by atoms with E-state index in [1.165, 1.54) is 0 Å². The summed E-state index contributed by atoms with van der Waals surface area (Å²) in [7, 11) is 0. The van der Waals surface area contributed by atoms with E-state index in [0.29, 0.717) is 5.75 Å². The number of allylic oxidation sites excluding steroid dienone is 4. The van der Waals surface area contributed by atoms with E-state index < -0.39 is 0 Å². The van der Waals surface area contributed by atoms with Crippen LogP contribution in [0.1, 0.15) is 19.4 Å². The Morgan fingerprint density at radius 3 is 2.38 bits per heavy atom. The van der Waals surface area contributed by atoms with Crippen LogP contribution in [0.25, 0.3) is 22.6 Å². The van der Waals surface area contributed by atoms with Crippen LogP contribution in [0.5, 0.6) is 5.75 Å². The van der Waals surface area contributed by atoms with E-state index in [1.54, 1.807) is 6.20 Å². The quantitative estimate of drug-likeness (QED) is 0.311. The molecular weight excluding hydrogens is 422 g/mol. The van der Waals surface area contributed by atoms with Crippen LogP contribution in [0.2, 0.25) is 0 Å². The second kappa shape index (κ2) is 11.0. The van der Waals surface area contributed by atoms with E-state index in [1.807, 2.05) is 110 Å². The van der Waals surface area contributed by atoms with Gasteiger partial charge in [-0.15, -0.1) is 0 Å². The fraction of sp³-hybridized carbons (Fsp3) is 0.103. The van der Waals surface area contributed by atoms with E-state index in [4.69, 9.17) is 4.74 Å². The van der Waals surface area contributed by atoms with Crippen LogP contribution in [0.3, 0.4) is 0 Å². The van der Waals surface area contributed by atoms with Crippen molar-refractivity contribution in [1.82, 2.24) is 9.55 Å². The van der Waals surface area contributed by atoms with Gasteiger partial charge in [0.25, 0.3) is 5.91 Å². The maximum Gasteiger partial charge on any atom is 0.262 e. The first-order valence-corrected chi connectivity index (χ1v) is 11.2. The number of rotatable bonds is 8. The number of hydrogen-bond donors (Lipinski definition) is 1. The molecule has 0 radical (unpaired) electrons. The van der Waals surface area contributed by atoms with E-state index in [9.17, 15) is 4.79 Å². The Morgan fingerprint density at radius 2 is 1.71 bits per heavy atom. The molecule has 34 heavy (non-hydrogen) atoms. The number of amides is 1. The smallest absolute Gasteiger partial charge is 0.262 e. The van der Waals surface area contributed by atoms with Gasteiger partial charge in [0.2, 0.25) is 0 Å². The molecule has 5 nitrogen and oxygen atoms in total. The Kier molecular flexibility index (Phi) is 7.35. The van der Waals surface area contributed by atoms with Gasteiger partial charge < -0.3 is 10.1 Å². The largest absolute Gasteiger partial charge is 0.484 e. The summed E-state index contributed by atoms with van der Waals surface area (Å²) in [6.07, 6.45) is 9.83. The van der Waals surface area contributed by atoms with Crippen LogP contribution in [0.4, 0.5) is 5.69 Å². The molecule has 1 amide bonds. The summed E-state index contributed by atoms with van der Waals surface area (Å²) in [4.78, 5) is 16.8. The molecular formula is C29H27N3O2. The van der Waals surface area contributed by atoms with Crippen LogP contribution in [0, 0.1) is 0 Å². The van der Waals surface area contributed by atoms with Crippen molar-refractivity contribution in [3.05, 3.63) is 115 Å². The molecule has 0 unspecified atom stereocenters. The summed E-state index contributed by atoms with van der Waals surface area (Å²) in [5, 5.41) is 2.87. The van der Waals surface area contributed by atoms with Crippen LogP contribution in [0.15, 0.2) is 109 Å². The predicted molar refractivity (Wildman–Crippen MR) is 138 cm³/mol. The fourth-order valence-electron chi connectivity index (χ4n) is 3.65. The third-order valence-corrected chi connectivity index (χ3v) is 5.32. The van der Waals surface area contributed by atoms with Gasteiger partial charge in [0.15, 0.2) is 6.61 Å². The zero-order valence-electron chi connectivity index (χ0n) is 19.3. The highest BCUT2D eigenvalue weighted by Crippen LogP contribution is 2.23. The number of nitrogens with zero attached hydrogens (tertiary/aromatic N) is 2. The number of carbonyl (C=O) groups is 1. The second-order valence-corrected chi connectivity index (χ2v) is 7.64. The molecule has 4 aromatic rings. The van der Waals surface area contributed by atoms with Crippen molar-refractivity contribution in [2.24, 2.45) is 0 Å². The summed E-state index contributed by atoms with van der Waals surface area (Å²) in [5.74, 6) is 1.28. The highest BCUT2D eigenvalue weighted by Gasteiger charge is 2.08.